The average Bonchev–Trinajstić information content (AvgIpc) is 2.74. The molecule has 0 atom stereocenters. The minimum Gasteiger partial charge on any atom is -0.370 e. The zero-order valence-electron chi connectivity index (χ0n) is 8.78. The van der Waals surface area contributed by atoms with Crippen LogP contribution < -0.4 is 5.32 Å². The maximum absolute atomic E-state index is 12.8. The Morgan fingerprint density at radius 3 is 2.88 bits per heavy atom. The van der Waals surface area contributed by atoms with Crippen LogP contribution in [-0.4, -0.2) is 16.3 Å². The van der Waals surface area contributed by atoms with E-state index in [1.807, 2.05) is 10.9 Å². The van der Waals surface area contributed by atoms with E-state index in [9.17, 15) is 4.39 Å². The van der Waals surface area contributed by atoms with Gasteiger partial charge in [0, 0.05) is 18.7 Å². The van der Waals surface area contributed by atoms with Gasteiger partial charge in [-0.3, -0.25) is 0 Å². The van der Waals surface area contributed by atoms with Crippen LogP contribution in [0.4, 0.5) is 10.2 Å². The number of aryl methyl sites for hydroxylation is 1. The standard InChI is InChI=1S/C12H12FN3/c13-10-4-2-9(3-5-10)11-8-15-16-7-1-6-14-12(11)16/h2-5,8,14H,1,6-7H2. The summed E-state index contributed by atoms with van der Waals surface area (Å²) in [6.45, 7) is 1.92. The number of hydrogen-bond acceptors (Lipinski definition) is 2. The summed E-state index contributed by atoms with van der Waals surface area (Å²) >= 11 is 0. The Bertz CT molecular complexity index is 501. The number of benzene rings is 1. The molecule has 2 heterocycles. The third-order valence-electron chi connectivity index (χ3n) is 2.83. The van der Waals surface area contributed by atoms with E-state index in [-0.39, 0.29) is 5.82 Å². The fraction of sp³-hybridized carbons (Fsp3) is 0.250. The molecule has 0 saturated heterocycles. The highest BCUT2D eigenvalue weighted by Gasteiger charge is 2.15. The molecular formula is C12H12FN3. The van der Waals surface area contributed by atoms with Crippen molar-refractivity contribution in [1.29, 1.82) is 0 Å². The number of hydrogen-bond donors (Lipinski definition) is 1. The second-order valence-electron chi connectivity index (χ2n) is 3.92. The van der Waals surface area contributed by atoms with Gasteiger partial charge >= 0.3 is 0 Å². The van der Waals surface area contributed by atoms with Crippen LogP contribution in [0.3, 0.4) is 0 Å². The van der Waals surface area contributed by atoms with Crippen molar-refractivity contribution in [3.8, 4) is 11.1 Å². The van der Waals surface area contributed by atoms with Crippen molar-refractivity contribution in [2.24, 2.45) is 0 Å². The zero-order valence-corrected chi connectivity index (χ0v) is 8.78. The number of fused-ring (bicyclic) bond motifs is 1. The lowest BCUT2D eigenvalue weighted by atomic mass is 10.1. The first-order chi connectivity index (χ1) is 7.84. The number of halogens is 1. The second-order valence-corrected chi connectivity index (χ2v) is 3.92. The van der Waals surface area contributed by atoms with Crippen molar-refractivity contribution in [1.82, 2.24) is 9.78 Å². The fourth-order valence-corrected chi connectivity index (χ4v) is 2.02. The van der Waals surface area contributed by atoms with Crippen LogP contribution >= 0.6 is 0 Å². The predicted molar refractivity (Wildman–Crippen MR) is 60.7 cm³/mol. The van der Waals surface area contributed by atoms with E-state index in [1.165, 1.54) is 12.1 Å². The Labute approximate surface area is 92.9 Å². The van der Waals surface area contributed by atoms with E-state index in [2.05, 4.69) is 10.4 Å². The van der Waals surface area contributed by atoms with E-state index in [0.717, 1.165) is 36.5 Å². The predicted octanol–water partition coefficient (Wildman–Crippen LogP) is 2.50. The second kappa shape index (κ2) is 3.63. The topological polar surface area (TPSA) is 29.9 Å². The number of rotatable bonds is 1. The average molecular weight is 217 g/mol. The van der Waals surface area contributed by atoms with Crippen LogP contribution in [0, 0.1) is 5.82 Å². The molecule has 3 rings (SSSR count). The molecule has 4 heteroatoms. The normalized spacial score (nSPS) is 14.3. The van der Waals surface area contributed by atoms with Crippen LogP contribution in [0.2, 0.25) is 0 Å². The van der Waals surface area contributed by atoms with Gasteiger partial charge in [0.2, 0.25) is 0 Å². The smallest absolute Gasteiger partial charge is 0.132 e. The monoisotopic (exact) mass is 217 g/mol. The largest absolute Gasteiger partial charge is 0.370 e. The van der Waals surface area contributed by atoms with Crippen molar-refractivity contribution in [3.05, 3.63) is 36.3 Å². The lowest BCUT2D eigenvalue weighted by molar-refractivity contribution is 0.568. The SMILES string of the molecule is Fc1ccc(-c2cnn3c2NCCC3)cc1. The first-order valence-electron chi connectivity index (χ1n) is 5.40. The van der Waals surface area contributed by atoms with Gasteiger partial charge in [-0.2, -0.15) is 5.10 Å². The highest BCUT2D eigenvalue weighted by Crippen LogP contribution is 2.29. The van der Waals surface area contributed by atoms with Gasteiger partial charge < -0.3 is 5.32 Å². The lowest BCUT2D eigenvalue weighted by Crippen LogP contribution is -2.17. The molecule has 0 aliphatic carbocycles. The Kier molecular flexibility index (Phi) is 2.13. The first kappa shape index (κ1) is 9.39. The maximum atomic E-state index is 12.8. The Morgan fingerprint density at radius 1 is 1.25 bits per heavy atom. The van der Waals surface area contributed by atoms with Gasteiger partial charge in [-0.1, -0.05) is 12.1 Å². The van der Waals surface area contributed by atoms with E-state index in [1.54, 1.807) is 12.1 Å². The summed E-state index contributed by atoms with van der Waals surface area (Å²) in [5.41, 5.74) is 2.04. The molecule has 1 N–H and O–H groups in total. The molecule has 0 spiro atoms. The van der Waals surface area contributed by atoms with Gasteiger partial charge in [-0.15, -0.1) is 0 Å². The molecule has 0 amide bonds. The third-order valence-corrected chi connectivity index (χ3v) is 2.83. The van der Waals surface area contributed by atoms with E-state index >= 15 is 0 Å². The molecule has 1 aliphatic rings. The van der Waals surface area contributed by atoms with Crippen LogP contribution in [0.25, 0.3) is 11.1 Å². The molecule has 0 bridgehead atoms. The summed E-state index contributed by atoms with van der Waals surface area (Å²) < 4.78 is 14.8. The summed E-state index contributed by atoms with van der Waals surface area (Å²) in [6.07, 6.45) is 2.93. The van der Waals surface area contributed by atoms with Crippen LogP contribution in [0.5, 0.6) is 0 Å². The lowest BCUT2D eigenvalue weighted by Gasteiger charge is -2.17. The molecule has 2 aromatic rings. The summed E-state index contributed by atoms with van der Waals surface area (Å²) in [6, 6.07) is 6.51. The molecular weight excluding hydrogens is 205 g/mol. The van der Waals surface area contributed by atoms with Crippen LogP contribution in [-0.2, 0) is 6.54 Å². The molecule has 16 heavy (non-hydrogen) atoms. The minimum atomic E-state index is -0.210. The van der Waals surface area contributed by atoms with Crippen LogP contribution in [0.15, 0.2) is 30.5 Å². The number of aromatic nitrogens is 2. The van der Waals surface area contributed by atoms with E-state index in [4.69, 9.17) is 0 Å². The van der Waals surface area contributed by atoms with Crippen molar-refractivity contribution >= 4 is 5.82 Å². The molecule has 1 aromatic carbocycles. The maximum Gasteiger partial charge on any atom is 0.132 e. The number of anilines is 1. The molecule has 82 valence electrons. The van der Waals surface area contributed by atoms with Gasteiger partial charge in [0.05, 0.1) is 6.20 Å². The van der Waals surface area contributed by atoms with E-state index < -0.39 is 0 Å². The highest BCUT2D eigenvalue weighted by atomic mass is 19.1. The molecule has 1 aromatic heterocycles. The van der Waals surface area contributed by atoms with Crippen molar-refractivity contribution in [2.75, 3.05) is 11.9 Å². The zero-order chi connectivity index (χ0) is 11.0. The summed E-state index contributed by atoms with van der Waals surface area (Å²) in [5, 5.41) is 7.65. The van der Waals surface area contributed by atoms with Gasteiger partial charge in [0.25, 0.3) is 0 Å². The van der Waals surface area contributed by atoms with Crippen molar-refractivity contribution < 1.29 is 4.39 Å². The number of nitrogens with zero attached hydrogens (tertiary/aromatic N) is 2. The van der Waals surface area contributed by atoms with Gasteiger partial charge in [0.1, 0.15) is 11.6 Å². The Morgan fingerprint density at radius 2 is 2.06 bits per heavy atom. The molecule has 0 radical (unpaired) electrons. The van der Waals surface area contributed by atoms with E-state index in [0.29, 0.717) is 0 Å². The summed E-state index contributed by atoms with van der Waals surface area (Å²) in [7, 11) is 0. The minimum absolute atomic E-state index is 0.210. The van der Waals surface area contributed by atoms with Crippen molar-refractivity contribution in [3.63, 3.8) is 0 Å². The summed E-state index contributed by atoms with van der Waals surface area (Å²) in [4.78, 5) is 0. The molecule has 3 nitrogen and oxygen atoms in total. The fourth-order valence-electron chi connectivity index (χ4n) is 2.02. The Hall–Kier alpha value is -1.84. The molecule has 1 aliphatic heterocycles. The first-order valence-corrected chi connectivity index (χ1v) is 5.40. The highest BCUT2D eigenvalue weighted by molar-refractivity contribution is 5.75. The molecule has 0 fully saturated rings. The Balaban J connectivity index is 2.06. The van der Waals surface area contributed by atoms with Crippen LogP contribution in [0.1, 0.15) is 6.42 Å². The van der Waals surface area contributed by atoms with Gasteiger partial charge in [-0.05, 0) is 24.1 Å². The molecule has 0 unspecified atom stereocenters. The summed E-state index contributed by atoms with van der Waals surface area (Å²) in [5.74, 6) is 0.829. The quantitative estimate of drug-likeness (QED) is 0.795. The van der Waals surface area contributed by atoms with Gasteiger partial charge in [0.15, 0.2) is 0 Å². The van der Waals surface area contributed by atoms with Crippen molar-refractivity contribution in [2.45, 2.75) is 13.0 Å². The number of nitrogens with one attached hydrogen (secondary N) is 1. The molecule has 0 saturated carbocycles. The third kappa shape index (κ3) is 1.46. The van der Waals surface area contributed by atoms with Gasteiger partial charge in [-0.25, -0.2) is 9.07 Å².